The van der Waals surface area contributed by atoms with E-state index in [0.29, 0.717) is 16.7 Å². The van der Waals surface area contributed by atoms with E-state index in [2.05, 4.69) is 25.0 Å². The first kappa shape index (κ1) is 31.5. The molecule has 0 saturated carbocycles. The summed E-state index contributed by atoms with van der Waals surface area (Å²) < 4.78 is 55.7. The Morgan fingerprint density at radius 2 is 1.82 bits per heavy atom. The number of nitrogen functional groups attached to an aromatic ring is 1. The van der Waals surface area contributed by atoms with Crippen molar-refractivity contribution in [1.82, 2.24) is 34.3 Å². The Hall–Kier alpha value is -3.90. The Morgan fingerprint density at radius 3 is 2.52 bits per heavy atom. The highest BCUT2D eigenvalue weighted by Crippen LogP contribution is 2.43. The molecule has 2 saturated heterocycles. The third kappa shape index (κ3) is 7.24. The number of anilines is 1. The molecule has 0 bridgehead atoms. The van der Waals surface area contributed by atoms with Crippen molar-refractivity contribution in [3.8, 4) is 0 Å². The molecule has 2 fully saturated rings. The van der Waals surface area contributed by atoms with Crippen LogP contribution >= 0.6 is 0 Å². The second kappa shape index (κ2) is 11.9. The number of alkyl carbamates (subject to hydrolysis) is 1. The molecule has 1 aromatic carbocycles. The van der Waals surface area contributed by atoms with Gasteiger partial charge in [-0.2, -0.15) is 13.1 Å². The summed E-state index contributed by atoms with van der Waals surface area (Å²) in [5.41, 5.74) is 6.59. The van der Waals surface area contributed by atoms with Crippen LogP contribution in [0.15, 0.2) is 43.0 Å². The standard InChI is InChI=1S/C27H36N8O8S/c1-26(2,3)43-25(37)33-16(11-15-9-7-6-8-10-15)23(36)34-44(38,39)32-12-17-19-20(42-27(4,5)41-19)24(40-17)35-14-31-18-21(28)29-13-30-22(18)35/h6-10,13-14,16-17,19-20,24,32H,11-12H2,1-5H3,(H,33,37)(H,34,36)(H2,28,29,30)/t16-,17+,19+,20+,24+/m0/s1. The maximum atomic E-state index is 13.2. The van der Waals surface area contributed by atoms with Crippen molar-refractivity contribution in [2.45, 2.75) is 83.0 Å². The fourth-order valence-electron chi connectivity index (χ4n) is 5.04. The maximum Gasteiger partial charge on any atom is 0.408 e. The first-order chi connectivity index (χ1) is 20.6. The number of imidazole rings is 1. The van der Waals surface area contributed by atoms with Gasteiger partial charge in [-0.15, -0.1) is 0 Å². The normalized spacial score (nSPS) is 23.7. The quantitative estimate of drug-likeness (QED) is 0.259. The molecule has 17 heteroatoms. The van der Waals surface area contributed by atoms with Crippen LogP contribution < -0.4 is 20.5 Å². The van der Waals surface area contributed by atoms with Crippen LogP contribution in [-0.2, 0) is 40.4 Å². The number of ether oxygens (including phenoxy) is 4. The van der Waals surface area contributed by atoms with Crippen LogP contribution in [0.4, 0.5) is 10.6 Å². The Bertz CT molecular complexity index is 1630. The number of fused-ring (bicyclic) bond motifs is 2. The molecule has 4 heterocycles. The topological polar surface area (TPSA) is 211 Å². The van der Waals surface area contributed by atoms with Crippen LogP contribution in [-0.4, -0.2) is 82.2 Å². The van der Waals surface area contributed by atoms with Gasteiger partial charge in [-0.25, -0.2) is 24.5 Å². The molecule has 2 aromatic heterocycles. The fourth-order valence-corrected chi connectivity index (χ4v) is 5.91. The lowest BCUT2D eigenvalue weighted by Crippen LogP contribution is -2.53. The first-order valence-electron chi connectivity index (χ1n) is 13.9. The number of benzene rings is 1. The Balaban J connectivity index is 1.28. The summed E-state index contributed by atoms with van der Waals surface area (Å²) in [5.74, 6) is -1.75. The number of carbonyl (C=O) groups excluding carboxylic acids is 2. The molecule has 2 amide bonds. The average Bonchev–Trinajstić information content (AvgIpc) is 3.58. The van der Waals surface area contributed by atoms with Gasteiger partial charge in [0.15, 0.2) is 23.5 Å². The Kier molecular flexibility index (Phi) is 8.52. The van der Waals surface area contributed by atoms with Gasteiger partial charge >= 0.3 is 16.3 Å². The Labute approximate surface area is 254 Å². The third-order valence-corrected chi connectivity index (χ3v) is 7.80. The van der Waals surface area contributed by atoms with Gasteiger partial charge in [0.1, 0.15) is 41.8 Å². The van der Waals surface area contributed by atoms with Gasteiger partial charge in [0.25, 0.3) is 5.91 Å². The molecule has 5 atom stereocenters. The summed E-state index contributed by atoms with van der Waals surface area (Å²) in [7, 11) is -4.42. The second-order valence-corrected chi connectivity index (χ2v) is 13.4. The number of rotatable bonds is 9. The highest BCUT2D eigenvalue weighted by atomic mass is 32.2. The fraction of sp³-hybridized carbons (Fsp3) is 0.519. The van der Waals surface area contributed by atoms with Gasteiger partial charge in [-0.1, -0.05) is 30.3 Å². The SMILES string of the molecule is CC(C)(C)OC(=O)N[C@@H](Cc1ccccc1)C(=O)NS(=O)(=O)NC[C@H]1O[C@@H](n2cnc3c(N)ncnc32)[C@@H]2OC(C)(C)O[C@@H]21. The lowest BCUT2D eigenvalue weighted by atomic mass is 10.1. The summed E-state index contributed by atoms with van der Waals surface area (Å²) in [6, 6.07) is 7.59. The van der Waals surface area contributed by atoms with Crippen molar-refractivity contribution in [3.63, 3.8) is 0 Å². The molecule has 238 valence electrons. The molecule has 2 aliphatic rings. The third-order valence-electron chi connectivity index (χ3n) is 6.79. The van der Waals surface area contributed by atoms with Crippen LogP contribution in [0, 0.1) is 0 Å². The molecule has 0 spiro atoms. The minimum atomic E-state index is -4.42. The zero-order chi connectivity index (χ0) is 31.9. The molecule has 0 radical (unpaired) electrons. The van der Waals surface area contributed by atoms with Gasteiger partial charge in [0.2, 0.25) is 0 Å². The molecular weight excluding hydrogens is 596 g/mol. The van der Waals surface area contributed by atoms with Gasteiger partial charge < -0.3 is 30.0 Å². The molecule has 3 aromatic rings. The van der Waals surface area contributed by atoms with Crippen molar-refractivity contribution in [2.24, 2.45) is 0 Å². The first-order valence-corrected chi connectivity index (χ1v) is 15.4. The van der Waals surface area contributed by atoms with Crippen molar-refractivity contribution in [2.75, 3.05) is 12.3 Å². The minimum absolute atomic E-state index is 0.0196. The molecule has 44 heavy (non-hydrogen) atoms. The second-order valence-electron chi connectivity index (χ2n) is 11.9. The van der Waals surface area contributed by atoms with Gasteiger partial charge in [0, 0.05) is 13.0 Å². The van der Waals surface area contributed by atoms with E-state index in [0.717, 1.165) is 0 Å². The minimum Gasteiger partial charge on any atom is -0.444 e. The number of nitrogens with one attached hydrogen (secondary N) is 3. The van der Waals surface area contributed by atoms with Gasteiger partial charge in [-0.3, -0.25) is 9.36 Å². The lowest BCUT2D eigenvalue weighted by Gasteiger charge is -2.25. The molecule has 0 aliphatic carbocycles. The van der Waals surface area contributed by atoms with E-state index >= 15 is 0 Å². The van der Waals surface area contributed by atoms with Gasteiger partial charge in [-0.05, 0) is 40.2 Å². The smallest absolute Gasteiger partial charge is 0.408 e. The highest BCUT2D eigenvalue weighted by molar-refractivity contribution is 7.88. The number of hydrogen-bond acceptors (Lipinski definition) is 12. The lowest BCUT2D eigenvalue weighted by molar-refractivity contribution is -0.195. The van der Waals surface area contributed by atoms with E-state index in [1.165, 1.54) is 12.7 Å². The van der Waals surface area contributed by atoms with E-state index in [4.69, 9.17) is 24.7 Å². The van der Waals surface area contributed by atoms with Gasteiger partial charge in [0.05, 0.1) is 6.33 Å². The Morgan fingerprint density at radius 1 is 1.11 bits per heavy atom. The average molecular weight is 633 g/mol. The van der Waals surface area contributed by atoms with E-state index in [1.54, 1.807) is 69.5 Å². The number of nitrogens with two attached hydrogens (primary N) is 1. The van der Waals surface area contributed by atoms with Crippen LogP contribution in [0.25, 0.3) is 11.2 Å². The van der Waals surface area contributed by atoms with E-state index in [1.807, 2.05) is 4.72 Å². The largest absolute Gasteiger partial charge is 0.444 e. The monoisotopic (exact) mass is 632 g/mol. The number of carbonyl (C=O) groups is 2. The summed E-state index contributed by atoms with van der Waals surface area (Å²) in [6.45, 7) is 8.22. The predicted molar refractivity (Wildman–Crippen MR) is 156 cm³/mol. The summed E-state index contributed by atoms with van der Waals surface area (Å²) in [6.07, 6.45) is -0.977. The highest BCUT2D eigenvalue weighted by Gasteiger charge is 2.56. The summed E-state index contributed by atoms with van der Waals surface area (Å²) >= 11 is 0. The van der Waals surface area contributed by atoms with Crippen molar-refractivity contribution in [3.05, 3.63) is 48.5 Å². The zero-order valence-electron chi connectivity index (χ0n) is 24.9. The molecule has 2 aliphatic heterocycles. The van der Waals surface area contributed by atoms with Crippen LogP contribution in [0.2, 0.25) is 0 Å². The predicted octanol–water partition coefficient (Wildman–Crippen LogP) is 0.913. The number of aromatic nitrogens is 4. The summed E-state index contributed by atoms with van der Waals surface area (Å²) in [4.78, 5) is 38.1. The van der Waals surface area contributed by atoms with Crippen molar-refractivity contribution >= 4 is 39.2 Å². The number of amides is 2. The van der Waals surface area contributed by atoms with E-state index < -0.39 is 64.2 Å². The molecule has 16 nitrogen and oxygen atoms in total. The maximum absolute atomic E-state index is 13.2. The van der Waals surface area contributed by atoms with Crippen LogP contribution in [0.3, 0.4) is 0 Å². The van der Waals surface area contributed by atoms with Crippen LogP contribution in [0.5, 0.6) is 0 Å². The van der Waals surface area contributed by atoms with Crippen LogP contribution in [0.1, 0.15) is 46.4 Å². The van der Waals surface area contributed by atoms with Crippen molar-refractivity contribution < 1.29 is 37.0 Å². The molecule has 0 unspecified atom stereocenters. The van der Waals surface area contributed by atoms with E-state index in [9.17, 15) is 18.0 Å². The van der Waals surface area contributed by atoms with Crippen molar-refractivity contribution in [1.29, 1.82) is 0 Å². The summed E-state index contributed by atoms with van der Waals surface area (Å²) in [5, 5.41) is 2.47. The molecule has 5 N–H and O–H groups in total. The van der Waals surface area contributed by atoms with E-state index in [-0.39, 0.29) is 18.8 Å². The number of nitrogens with zero attached hydrogens (tertiary/aromatic N) is 4. The molecular formula is C27H36N8O8S. The zero-order valence-corrected chi connectivity index (χ0v) is 25.7. The number of hydrogen-bond donors (Lipinski definition) is 4. The molecule has 5 rings (SSSR count).